The highest BCUT2D eigenvalue weighted by Gasteiger charge is 2.12. The Labute approximate surface area is 123 Å². The molecule has 2 aromatic carbocycles. The summed E-state index contributed by atoms with van der Waals surface area (Å²) < 4.78 is 6.20. The number of methoxy groups -OCH3 is 1. The molecule has 0 fully saturated rings. The number of benzene rings is 2. The second-order valence-corrected chi connectivity index (χ2v) is 5.20. The maximum absolute atomic E-state index is 11.1. The molecule has 0 unspecified atom stereocenters. The fourth-order valence-electron chi connectivity index (χ4n) is 2.31. The average molecular weight is 332 g/mol. The van der Waals surface area contributed by atoms with Crippen molar-refractivity contribution in [2.45, 2.75) is 0 Å². The fraction of sp³-hybridized carbons (Fsp3) is 0.0667. The SMILES string of the molecule is COc1nccc2c(Br)cc3cc(C(=O)O)ccc3c12. The smallest absolute Gasteiger partial charge is 0.335 e. The fourth-order valence-corrected chi connectivity index (χ4v) is 2.89. The molecule has 20 heavy (non-hydrogen) atoms. The zero-order valence-corrected chi connectivity index (χ0v) is 12.1. The molecule has 0 radical (unpaired) electrons. The highest BCUT2D eigenvalue weighted by Crippen LogP contribution is 2.36. The van der Waals surface area contributed by atoms with Crippen LogP contribution in [-0.2, 0) is 0 Å². The van der Waals surface area contributed by atoms with E-state index in [-0.39, 0.29) is 5.56 Å². The van der Waals surface area contributed by atoms with E-state index in [2.05, 4.69) is 20.9 Å². The molecule has 4 nitrogen and oxygen atoms in total. The van der Waals surface area contributed by atoms with Gasteiger partial charge in [-0.2, -0.15) is 0 Å². The monoisotopic (exact) mass is 331 g/mol. The minimum Gasteiger partial charge on any atom is -0.481 e. The second kappa shape index (κ2) is 4.76. The summed E-state index contributed by atoms with van der Waals surface area (Å²) in [7, 11) is 1.57. The van der Waals surface area contributed by atoms with E-state index in [4.69, 9.17) is 9.84 Å². The van der Waals surface area contributed by atoms with Gasteiger partial charge in [0.15, 0.2) is 0 Å². The van der Waals surface area contributed by atoms with Crippen molar-refractivity contribution < 1.29 is 14.6 Å². The number of carboxylic acid groups (broad SMARTS) is 1. The van der Waals surface area contributed by atoms with Crippen molar-refractivity contribution in [1.29, 1.82) is 0 Å². The molecule has 3 aromatic rings. The first-order chi connectivity index (χ1) is 9.61. The maximum Gasteiger partial charge on any atom is 0.335 e. The van der Waals surface area contributed by atoms with Gasteiger partial charge in [0.2, 0.25) is 5.88 Å². The first-order valence-electron chi connectivity index (χ1n) is 5.90. The zero-order valence-electron chi connectivity index (χ0n) is 10.6. The first-order valence-corrected chi connectivity index (χ1v) is 6.69. The van der Waals surface area contributed by atoms with Crippen molar-refractivity contribution in [3.8, 4) is 5.88 Å². The first kappa shape index (κ1) is 12.9. The lowest BCUT2D eigenvalue weighted by molar-refractivity contribution is 0.0697. The summed E-state index contributed by atoms with van der Waals surface area (Å²) >= 11 is 3.51. The minimum absolute atomic E-state index is 0.256. The van der Waals surface area contributed by atoms with Crippen LogP contribution in [0.15, 0.2) is 41.0 Å². The standard InChI is InChI=1S/C15H10BrNO3/c1-20-14-13-10-3-2-8(15(18)19)6-9(10)7-12(16)11(13)4-5-17-14/h2-7H,1H3,(H,18,19). The van der Waals surface area contributed by atoms with Gasteiger partial charge in [-0.1, -0.05) is 22.0 Å². The Morgan fingerprint density at radius 2 is 2.05 bits per heavy atom. The van der Waals surface area contributed by atoms with E-state index in [1.807, 2.05) is 12.1 Å². The minimum atomic E-state index is -0.943. The Hall–Kier alpha value is -2.14. The van der Waals surface area contributed by atoms with E-state index < -0.39 is 5.97 Å². The van der Waals surface area contributed by atoms with Gasteiger partial charge in [-0.3, -0.25) is 0 Å². The average Bonchev–Trinajstić information content (AvgIpc) is 2.46. The number of nitrogens with zero attached hydrogens (tertiary/aromatic N) is 1. The topological polar surface area (TPSA) is 59.4 Å². The van der Waals surface area contributed by atoms with Crippen molar-refractivity contribution in [2.75, 3.05) is 7.11 Å². The van der Waals surface area contributed by atoms with Gasteiger partial charge >= 0.3 is 5.97 Å². The Morgan fingerprint density at radius 1 is 1.25 bits per heavy atom. The molecule has 0 aliphatic carbocycles. The van der Waals surface area contributed by atoms with Crippen molar-refractivity contribution in [3.05, 3.63) is 46.6 Å². The molecule has 0 bridgehead atoms. The third-order valence-corrected chi connectivity index (χ3v) is 3.87. The number of carboxylic acids is 1. The largest absolute Gasteiger partial charge is 0.481 e. The van der Waals surface area contributed by atoms with Gasteiger partial charge in [-0.05, 0) is 35.0 Å². The Balaban J connectivity index is 2.49. The second-order valence-electron chi connectivity index (χ2n) is 4.34. The van der Waals surface area contributed by atoms with Crippen LogP contribution in [0.2, 0.25) is 0 Å². The van der Waals surface area contributed by atoms with Crippen LogP contribution < -0.4 is 4.74 Å². The number of pyridine rings is 1. The molecule has 0 amide bonds. The van der Waals surface area contributed by atoms with Gasteiger partial charge < -0.3 is 9.84 Å². The van der Waals surface area contributed by atoms with Gasteiger partial charge in [-0.15, -0.1) is 0 Å². The van der Waals surface area contributed by atoms with Gasteiger partial charge in [0, 0.05) is 16.1 Å². The van der Waals surface area contributed by atoms with Crippen LogP contribution in [0.1, 0.15) is 10.4 Å². The summed E-state index contributed by atoms with van der Waals surface area (Å²) in [5.74, 6) is -0.418. The highest BCUT2D eigenvalue weighted by atomic mass is 79.9. The van der Waals surface area contributed by atoms with Crippen molar-refractivity contribution >= 4 is 43.4 Å². The van der Waals surface area contributed by atoms with Crippen LogP contribution in [0, 0.1) is 0 Å². The molecule has 0 aliphatic rings. The van der Waals surface area contributed by atoms with Crippen molar-refractivity contribution in [3.63, 3.8) is 0 Å². The molecular formula is C15H10BrNO3. The van der Waals surface area contributed by atoms with E-state index in [0.29, 0.717) is 5.88 Å². The number of aromatic nitrogens is 1. The molecule has 5 heteroatoms. The summed E-state index contributed by atoms with van der Waals surface area (Å²) in [6, 6.07) is 8.83. The van der Waals surface area contributed by atoms with Crippen LogP contribution in [0.5, 0.6) is 5.88 Å². The lowest BCUT2D eigenvalue weighted by Gasteiger charge is -2.10. The summed E-state index contributed by atoms with van der Waals surface area (Å²) in [6.45, 7) is 0. The third kappa shape index (κ3) is 1.91. The Morgan fingerprint density at radius 3 is 2.75 bits per heavy atom. The summed E-state index contributed by atoms with van der Waals surface area (Å²) in [6.07, 6.45) is 1.68. The van der Waals surface area contributed by atoms with Crippen LogP contribution in [0.4, 0.5) is 0 Å². The quantitative estimate of drug-likeness (QED) is 0.724. The number of ether oxygens (including phenoxy) is 1. The number of halogens is 1. The van der Waals surface area contributed by atoms with Gasteiger partial charge in [0.05, 0.1) is 18.1 Å². The number of rotatable bonds is 2. The molecule has 1 aromatic heterocycles. The predicted octanol–water partition coefficient (Wildman–Crippen LogP) is 3.86. The molecule has 0 saturated heterocycles. The molecule has 1 N–H and O–H groups in total. The van der Waals surface area contributed by atoms with E-state index in [1.54, 1.807) is 31.5 Å². The van der Waals surface area contributed by atoms with Gasteiger partial charge in [0.1, 0.15) is 0 Å². The van der Waals surface area contributed by atoms with Crippen molar-refractivity contribution in [1.82, 2.24) is 4.98 Å². The van der Waals surface area contributed by atoms with E-state index >= 15 is 0 Å². The number of aromatic carboxylic acids is 1. The number of fused-ring (bicyclic) bond motifs is 3. The maximum atomic E-state index is 11.1. The Kier molecular flexibility index (Phi) is 3.06. The highest BCUT2D eigenvalue weighted by molar-refractivity contribution is 9.10. The molecule has 0 aliphatic heterocycles. The summed E-state index contributed by atoms with van der Waals surface area (Å²) in [5, 5.41) is 12.7. The lowest BCUT2D eigenvalue weighted by Crippen LogP contribution is -1.96. The Bertz CT molecular complexity index is 845. The molecule has 0 spiro atoms. The normalized spacial score (nSPS) is 10.9. The zero-order chi connectivity index (χ0) is 14.3. The molecule has 100 valence electrons. The molecule has 3 rings (SSSR count). The predicted molar refractivity (Wildman–Crippen MR) is 80.5 cm³/mol. The molecule has 0 atom stereocenters. The van der Waals surface area contributed by atoms with Gasteiger partial charge in [0.25, 0.3) is 0 Å². The summed E-state index contributed by atoms with van der Waals surface area (Å²) in [5.41, 5.74) is 0.256. The van der Waals surface area contributed by atoms with Gasteiger partial charge in [-0.25, -0.2) is 9.78 Å². The van der Waals surface area contributed by atoms with Crippen LogP contribution in [0.3, 0.4) is 0 Å². The number of carbonyl (C=O) groups is 1. The third-order valence-electron chi connectivity index (χ3n) is 3.22. The van der Waals surface area contributed by atoms with Crippen LogP contribution >= 0.6 is 15.9 Å². The molecule has 1 heterocycles. The van der Waals surface area contributed by atoms with Crippen molar-refractivity contribution in [2.24, 2.45) is 0 Å². The van der Waals surface area contributed by atoms with E-state index in [9.17, 15) is 4.79 Å². The van der Waals surface area contributed by atoms with E-state index in [0.717, 1.165) is 26.0 Å². The van der Waals surface area contributed by atoms with E-state index in [1.165, 1.54) is 0 Å². The molecular weight excluding hydrogens is 322 g/mol. The van der Waals surface area contributed by atoms with Crippen LogP contribution in [-0.4, -0.2) is 23.2 Å². The number of hydrogen-bond donors (Lipinski definition) is 1. The number of hydrogen-bond acceptors (Lipinski definition) is 3. The summed E-state index contributed by atoms with van der Waals surface area (Å²) in [4.78, 5) is 15.3. The molecule has 0 saturated carbocycles. The lowest BCUT2D eigenvalue weighted by atomic mass is 10.0. The van der Waals surface area contributed by atoms with Crippen LogP contribution in [0.25, 0.3) is 21.5 Å².